The SMILES string of the molecule is CCC(=O)COc1cc2cc(Nc3nc(N4CCCC(C)C4)ncc3Cl)ccc2n(CCC2CC2)c1=O. The van der Waals surface area contributed by atoms with Crippen molar-refractivity contribution in [2.45, 2.75) is 58.9 Å². The Bertz CT molecular complexity index is 1350. The largest absolute Gasteiger partial charge is 0.480 e. The van der Waals surface area contributed by atoms with Crippen LogP contribution in [0.3, 0.4) is 0 Å². The van der Waals surface area contributed by atoms with Gasteiger partial charge in [0.2, 0.25) is 5.95 Å². The van der Waals surface area contributed by atoms with Crippen LogP contribution in [0.4, 0.5) is 17.5 Å². The summed E-state index contributed by atoms with van der Waals surface area (Å²) in [6.07, 6.45) is 7.75. The van der Waals surface area contributed by atoms with E-state index in [9.17, 15) is 9.59 Å². The molecule has 1 aromatic carbocycles. The number of rotatable bonds is 10. The minimum Gasteiger partial charge on any atom is -0.480 e. The van der Waals surface area contributed by atoms with Gasteiger partial charge in [0, 0.05) is 37.1 Å². The highest BCUT2D eigenvalue weighted by Crippen LogP contribution is 2.33. The van der Waals surface area contributed by atoms with Crippen LogP contribution in [0.2, 0.25) is 5.02 Å². The number of ether oxygens (including phenoxy) is 1. The summed E-state index contributed by atoms with van der Waals surface area (Å²) in [6.45, 7) is 6.42. The Morgan fingerprint density at radius 1 is 1.24 bits per heavy atom. The summed E-state index contributed by atoms with van der Waals surface area (Å²) in [7, 11) is 0. The lowest BCUT2D eigenvalue weighted by molar-refractivity contribution is -0.120. The van der Waals surface area contributed by atoms with E-state index in [1.165, 1.54) is 19.3 Å². The van der Waals surface area contributed by atoms with E-state index in [4.69, 9.17) is 21.3 Å². The Morgan fingerprint density at radius 3 is 2.84 bits per heavy atom. The van der Waals surface area contributed by atoms with Gasteiger partial charge >= 0.3 is 0 Å². The van der Waals surface area contributed by atoms with Gasteiger partial charge < -0.3 is 19.5 Å². The van der Waals surface area contributed by atoms with Gasteiger partial charge in [0.05, 0.1) is 11.7 Å². The zero-order chi connectivity index (χ0) is 25.9. The van der Waals surface area contributed by atoms with Crippen molar-refractivity contribution in [3.8, 4) is 5.75 Å². The highest BCUT2D eigenvalue weighted by atomic mass is 35.5. The van der Waals surface area contributed by atoms with Gasteiger partial charge in [-0.05, 0) is 55.4 Å². The molecule has 0 spiro atoms. The highest BCUT2D eigenvalue weighted by molar-refractivity contribution is 6.32. The summed E-state index contributed by atoms with van der Waals surface area (Å²) < 4.78 is 7.45. The summed E-state index contributed by atoms with van der Waals surface area (Å²) in [5.74, 6) is 2.65. The summed E-state index contributed by atoms with van der Waals surface area (Å²) >= 11 is 6.46. The van der Waals surface area contributed by atoms with E-state index < -0.39 is 0 Å². The van der Waals surface area contributed by atoms with E-state index in [-0.39, 0.29) is 23.7 Å². The highest BCUT2D eigenvalue weighted by Gasteiger charge is 2.22. The summed E-state index contributed by atoms with van der Waals surface area (Å²) in [5, 5.41) is 4.61. The molecule has 9 heteroatoms. The van der Waals surface area contributed by atoms with Crippen LogP contribution in [0.15, 0.2) is 35.3 Å². The minimum atomic E-state index is -0.197. The van der Waals surface area contributed by atoms with Crippen molar-refractivity contribution in [3.63, 3.8) is 0 Å². The summed E-state index contributed by atoms with van der Waals surface area (Å²) in [5.41, 5.74) is 1.42. The third-order valence-electron chi connectivity index (χ3n) is 7.24. The number of fused-ring (bicyclic) bond motifs is 1. The number of anilines is 3. The van der Waals surface area contributed by atoms with Crippen LogP contribution >= 0.6 is 11.6 Å². The molecule has 1 saturated carbocycles. The Balaban J connectivity index is 1.45. The number of hydrogen-bond acceptors (Lipinski definition) is 7. The standard InChI is InChI=1S/C28H34ClN5O3/c1-3-22(35)17-37-25-14-20-13-21(8-9-24(20)34(27(25)36)12-10-19-6-7-19)31-26-23(29)15-30-28(32-26)33-11-4-5-18(2)16-33/h8-9,13-15,18-19H,3-7,10-12,16-17H2,1-2H3,(H,30,31,32). The molecule has 1 N–H and O–H groups in total. The van der Waals surface area contributed by atoms with Crippen LogP contribution in [0.5, 0.6) is 5.75 Å². The molecule has 0 radical (unpaired) electrons. The molecule has 3 aromatic rings. The Kier molecular flexibility index (Phi) is 7.65. The number of piperidine rings is 1. The van der Waals surface area contributed by atoms with Crippen molar-refractivity contribution in [2.75, 3.05) is 29.9 Å². The maximum Gasteiger partial charge on any atom is 0.293 e. The fourth-order valence-corrected chi connectivity index (χ4v) is 4.99. The van der Waals surface area contributed by atoms with Crippen molar-refractivity contribution in [1.82, 2.24) is 14.5 Å². The number of Topliss-reactive ketones (excluding diaryl/α,β-unsaturated/α-hetero) is 1. The molecule has 1 aliphatic heterocycles. The minimum absolute atomic E-state index is 0.0447. The van der Waals surface area contributed by atoms with Crippen molar-refractivity contribution in [3.05, 3.63) is 45.8 Å². The van der Waals surface area contributed by atoms with E-state index in [0.717, 1.165) is 42.5 Å². The summed E-state index contributed by atoms with van der Waals surface area (Å²) in [4.78, 5) is 36.5. The molecular formula is C28H34ClN5O3. The molecule has 3 heterocycles. The molecule has 0 amide bonds. The maximum atomic E-state index is 13.2. The Hall–Kier alpha value is -3.13. The third kappa shape index (κ3) is 6.06. The van der Waals surface area contributed by atoms with Gasteiger partial charge in [0.1, 0.15) is 11.6 Å². The molecule has 2 aromatic heterocycles. The van der Waals surface area contributed by atoms with Crippen LogP contribution in [0, 0.1) is 11.8 Å². The number of aromatic nitrogens is 3. The predicted octanol–water partition coefficient (Wildman–Crippen LogP) is 5.58. The molecule has 196 valence electrons. The molecule has 37 heavy (non-hydrogen) atoms. The number of nitrogens with one attached hydrogen (secondary N) is 1. The second-order valence-corrected chi connectivity index (χ2v) is 10.7. The molecule has 8 nitrogen and oxygen atoms in total. The van der Waals surface area contributed by atoms with Crippen LogP contribution in [0.1, 0.15) is 52.4 Å². The maximum absolute atomic E-state index is 13.2. The van der Waals surface area contributed by atoms with E-state index in [1.54, 1.807) is 23.8 Å². The second kappa shape index (κ2) is 11.1. The lowest BCUT2D eigenvalue weighted by Gasteiger charge is -2.31. The number of nitrogens with zero attached hydrogens (tertiary/aromatic N) is 4. The summed E-state index contributed by atoms with van der Waals surface area (Å²) in [6, 6.07) is 7.55. The van der Waals surface area contributed by atoms with E-state index >= 15 is 0 Å². The number of aryl methyl sites for hydroxylation is 1. The predicted molar refractivity (Wildman–Crippen MR) is 147 cm³/mol. The second-order valence-electron chi connectivity index (χ2n) is 10.3. The topological polar surface area (TPSA) is 89.3 Å². The molecule has 2 fully saturated rings. The van der Waals surface area contributed by atoms with Crippen molar-refractivity contribution in [1.29, 1.82) is 0 Å². The quantitative estimate of drug-likeness (QED) is 0.371. The molecule has 1 unspecified atom stereocenters. The smallest absolute Gasteiger partial charge is 0.293 e. The number of carbonyl (C=O) groups excluding carboxylic acids is 1. The first-order valence-electron chi connectivity index (χ1n) is 13.3. The molecule has 1 saturated heterocycles. The van der Waals surface area contributed by atoms with Crippen molar-refractivity contribution >= 4 is 45.7 Å². The van der Waals surface area contributed by atoms with Crippen LogP contribution < -0.4 is 20.5 Å². The van der Waals surface area contributed by atoms with Crippen LogP contribution in [0.25, 0.3) is 10.9 Å². The van der Waals surface area contributed by atoms with Gasteiger partial charge in [-0.25, -0.2) is 4.98 Å². The molecule has 5 rings (SSSR count). The first-order valence-corrected chi connectivity index (χ1v) is 13.7. The zero-order valence-corrected chi connectivity index (χ0v) is 22.3. The van der Waals surface area contributed by atoms with Gasteiger partial charge in [-0.2, -0.15) is 4.98 Å². The number of pyridine rings is 1. The third-order valence-corrected chi connectivity index (χ3v) is 7.51. The van der Waals surface area contributed by atoms with Gasteiger partial charge in [-0.15, -0.1) is 0 Å². The number of hydrogen-bond donors (Lipinski definition) is 1. The first kappa shape index (κ1) is 25.5. The number of carbonyl (C=O) groups is 1. The van der Waals surface area contributed by atoms with Crippen molar-refractivity contribution in [2.24, 2.45) is 11.8 Å². The van der Waals surface area contributed by atoms with E-state index in [1.807, 2.05) is 18.2 Å². The molecule has 0 bridgehead atoms. The molecular weight excluding hydrogens is 490 g/mol. The molecule has 1 aliphatic carbocycles. The fourth-order valence-electron chi connectivity index (χ4n) is 4.85. The monoisotopic (exact) mass is 523 g/mol. The molecule has 1 atom stereocenters. The number of ketones is 1. The van der Waals surface area contributed by atoms with Crippen molar-refractivity contribution < 1.29 is 9.53 Å². The van der Waals surface area contributed by atoms with Gasteiger partial charge in [0.15, 0.2) is 17.4 Å². The Morgan fingerprint density at radius 2 is 2.08 bits per heavy atom. The zero-order valence-electron chi connectivity index (χ0n) is 21.5. The average Bonchev–Trinajstić information content (AvgIpc) is 3.72. The number of benzene rings is 1. The average molecular weight is 524 g/mol. The number of halogens is 1. The van der Waals surface area contributed by atoms with E-state index in [0.29, 0.717) is 41.6 Å². The van der Waals surface area contributed by atoms with Gasteiger partial charge in [-0.1, -0.05) is 38.3 Å². The Labute approximate surface area is 222 Å². The lowest BCUT2D eigenvalue weighted by Crippen LogP contribution is -2.35. The van der Waals surface area contributed by atoms with Crippen LogP contribution in [-0.2, 0) is 11.3 Å². The van der Waals surface area contributed by atoms with E-state index in [2.05, 4.69) is 22.1 Å². The van der Waals surface area contributed by atoms with Crippen LogP contribution in [-0.4, -0.2) is 40.0 Å². The van der Waals surface area contributed by atoms with Gasteiger partial charge in [-0.3, -0.25) is 9.59 Å². The normalized spacial score (nSPS) is 17.7. The fraction of sp³-hybridized carbons (Fsp3) is 0.500. The first-order chi connectivity index (χ1) is 17.9. The molecule has 2 aliphatic rings. The van der Waals surface area contributed by atoms with Gasteiger partial charge in [0.25, 0.3) is 5.56 Å². The lowest BCUT2D eigenvalue weighted by atomic mass is 10.0.